The summed E-state index contributed by atoms with van der Waals surface area (Å²) in [5.41, 5.74) is 2.15. The Hall–Kier alpha value is -2.35. The Morgan fingerprint density at radius 1 is 1.03 bits per heavy atom. The molecular formula is C22H23ClN2O4S. The molecule has 4 rings (SSSR count). The molecule has 0 N–H and O–H groups in total. The second-order valence-corrected chi connectivity index (χ2v) is 10.2. The first-order valence-corrected chi connectivity index (χ1v) is 12.2. The molecule has 0 bridgehead atoms. The van der Waals surface area contributed by atoms with Gasteiger partial charge in [0.1, 0.15) is 5.58 Å². The van der Waals surface area contributed by atoms with Crippen molar-refractivity contribution in [3.05, 3.63) is 70.4 Å². The predicted molar refractivity (Wildman–Crippen MR) is 117 cm³/mol. The molecule has 30 heavy (non-hydrogen) atoms. The van der Waals surface area contributed by atoms with E-state index in [2.05, 4.69) is 4.90 Å². The van der Waals surface area contributed by atoms with Crippen LogP contribution in [0.3, 0.4) is 0 Å². The second-order valence-electron chi connectivity index (χ2n) is 7.67. The lowest BCUT2D eigenvalue weighted by Crippen LogP contribution is -2.48. The number of carbonyl (C=O) groups excluding carboxylic acids is 1. The number of halogens is 1. The van der Waals surface area contributed by atoms with Crippen LogP contribution in [0.4, 0.5) is 0 Å². The molecule has 1 aliphatic heterocycles. The van der Waals surface area contributed by atoms with Crippen LogP contribution in [-0.4, -0.2) is 56.6 Å². The molecule has 0 atom stereocenters. The van der Waals surface area contributed by atoms with Crippen LogP contribution in [0, 0.1) is 0 Å². The van der Waals surface area contributed by atoms with Crippen molar-refractivity contribution in [1.29, 1.82) is 0 Å². The van der Waals surface area contributed by atoms with Crippen LogP contribution in [0.25, 0.3) is 11.0 Å². The van der Waals surface area contributed by atoms with Gasteiger partial charge < -0.3 is 9.32 Å². The van der Waals surface area contributed by atoms with Crippen LogP contribution in [-0.2, 0) is 22.1 Å². The summed E-state index contributed by atoms with van der Waals surface area (Å²) in [5.74, 6) is -0.342. The molecule has 0 saturated carbocycles. The molecule has 1 saturated heterocycles. The van der Waals surface area contributed by atoms with Crippen molar-refractivity contribution in [3.63, 3.8) is 0 Å². The minimum absolute atomic E-state index is 0.132. The number of sulfone groups is 1. The first-order valence-electron chi connectivity index (χ1n) is 9.74. The number of carbonyl (C=O) groups is 1. The molecule has 3 aromatic rings. The molecule has 158 valence electrons. The number of rotatable bonds is 5. The minimum Gasteiger partial charge on any atom is -0.451 e. The van der Waals surface area contributed by atoms with E-state index in [9.17, 15) is 13.2 Å². The lowest BCUT2D eigenvalue weighted by molar-refractivity contribution is 0.0599. The molecule has 8 heteroatoms. The quantitative estimate of drug-likeness (QED) is 0.599. The summed E-state index contributed by atoms with van der Waals surface area (Å²) in [6.45, 7) is 3.37. The summed E-state index contributed by atoms with van der Waals surface area (Å²) in [6.07, 6.45) is 1.17. The summed E-state index contributed by atoms with van der Waals surface area (Å²) in [7, 11) is -3.32. The highest BCUT2D eigenvalue weighted by Crippen LogP contribution is 2.29. The maximum Gasteiger partial charge on any atom is 0.290 e. The zero-order valence-electron chi connectivity index (χ0n) is 16.7. The first kappa shape index (κ1) is 20.9. The van der Waals surface area contributed by atoms with Gasteiger partial charge in [-0.3, -0.25) is 9.69 Å². The van der Waals surface area contributed by atoms with E-state index < -0.39 is 9.84 Å². The van der Waals surface area contributed by atoms with Gasteiger partial charge in [0.15, 0.2) is 15.6 Å². The van der Waals surface area contributed by atoms with Crippen molar-refractivity contribution >= 4 is 38.3 Å². The van der Waals surface area contributed by atoms with Crippen LogP contribution >= 0.6 is 11.6 Å². The highest BCUT2D eigenvalue weighted by molar-refractivity contribution is 7.89. The van der Waals surface area contributed by atoms with E-state index >= 15 is 0 Å². The Morgan fingerprint density at radius 2 is 1.70 bits per heavy atom. The number of nitrogens with zero attached hydrogens (tertiary/aromatic N) is 2. The molecule has 0 unspecified atom stereocenters. The van der Waals surface area contributed by atoms with Gasteiger partial charge in [-0.1, -0.05) is 41.9 Å². The Kier molecular flexibility index (Phi) is 5.86. The van der Waals surface area contributed by atoms with Gasteiger partial charge in [0.05, 0.1) is 5.75 Å². The number of para-hydroxylation sites is 1. The molecule has 1 amide bonds. The summed E-state index contributed by atoms with van der Waals surface area (Å²) >= 11 is 5.94. The van der Waals surface area contributed by atoms with Gasteiger partial charge in [0.25, 0.3) is 5.91 Å². The summed E-state index contributed by atoms with van der Waals surface area (Å²) in [5, 5.41) is 1.39. The highest BCUT2D eigenvalue weighted by Gasteiger charge is 2.29. The van der Waals surface area contributed by atoms with Crippen LogP contribution in [0.15, 0.2) is 52.9 Å². The summed E-state index contributed by atoms with van der Waals surface area (Å²) in [6, 6.07) is 14.9. The molecule has 2 aromatic carbocycles. The van der Waals surface area contributed by atoms with E-state index in [0.29, 0.717) is 34.6 Å². The standard InChI is InChI=1S/C22H23ClN2O4S/c1-30(27,28)15-19-18-4-2-3-5-20(18)29-21(19)22(26)25-12-10-24(11-13-25)14-16-6-8-17(23)9-7-16/h2-9H,10-15H2,1H3. The Bertz CT molecular complexity index is 1160. The fourth-order valence-electron chi connectivity index (χ4n) is 3.78. The summed E-state index contributed by atoms with van der Waals surface area (Å²) in [4.78, 5) is 17.2. The van der Waals surface area contributed by atoms with E-state index in [-0.39, 0.29) is 17.4 Å². The van der Waals surface area contributed by atoms with Gasteiger partial charge in [-0.25, -0.2) is 8.42 Å². The van der Waals surface area contributed by atoms with Gasteiger partial charge in [0, 0.05) is 55.0 Å². The fourth-order valence-corrected chi connectivity index (χ4v) is 4.71. The van der Waals surface area contributed by atoms with Crippen molar-refractivity contribution in [1.82, 2.24) is 9.80 Å². The number of fused-ring (bicyclic) bond motifs is 1. The Labute approximate surface area is 180 Å². The molecule has 2 heterocycles. The number of hydrogen-bond acceptors (Lipinski definition) is 5. The zero-order valence-corrected chi connectivity index (χ0v) is 18.2. The average molecular weight is 447 g/mol. The zero-order chi connectivity index (χ0) is 21.3. The van der Waals surface area contributed by atoms with Crippen molar-refractivity contribution in [2.45, 2.75) is 12.3 Å². The second kappa shape index (κ2) is 8.41. The maximum atomic E-state index is 13.2. The van der Waals surface area contributed by atoms with Crippen LogP contribution < -0.4 is 0 Å². The number of benzene rings is 2. The topological polar surface area (TPSA) is 70.8 Å². The van der Waals surface area contributed by atoms with E-state index in [1.54, 1.807) is 23.1 Å². The minimum atomic E-state index is -3.32. The lowest BCUT2D eigenvalue weighted by atomic mass is 10.1. The molecule has 0 spiro atoms. The largest absolute Gasteiger partial charge is 0.451 e. The van der Waals surface area contributed by atoms with E-state index in [1.807, 2.05) is 30.3 Å². The number of amides is 1. The van der Waals surface area contributed by atoms with Crippen molar-refractivity contribution in [2.24, 2.45) is 0 Å². The molecule has 6 nitrogen and oxygen atoms in total. The molecule has 0 radical (unpaired) electrons. The third kappa shape index (κ3) is 4.69. The van der Waals surface area contributed by atoms with Crippen molar-refractivity contribution in [3.8, 4) is 0 Å². The normalized spacial score (nSPS) is 15.6. The van der Waals surface area contributed by atoms with Crippen LogP contribution in [0.1, 0.15) is 21.7 Å². The van der Waals surface area contributed by atoms with Gasteiger partial charge >= 0.3 is 0 Å². The van der Waals surface area contributed by atoms with Gasteiger partial charge in [-0.05, 0) is 23.8 Å². The number of furan rings is 1. The lowest BCUT2D eigenvalue weighted by Gasteiger charge is -2.34. The van der Waals surface area contributed by atoms with Crippen molar-refractivity contribution < 1.29 is 17.6 Å². The van der Waals surface area contributed by atoms with E-state index in [4.69, 9.17) is 16.0 Å². The van der Waals surface area contributed by atoms with Crippen molar-refractivity contribution in [2.75, 3.05) is 32.4 Å². The Morgan fingerprint density at radius 3 is 2.37 bits per heavy atom. The van der Waals surface area contributed by atoms with Gasteiger partial charge in [0.2, 0.25) is 0 Å². The highest BCUT2D eigenvalue weighted by atomic mass is 35.5. The Balaban J connectivity index is 1.49. The van der Waals surface area contributed by atoms with E-state index in [1.165, 1.54) is 11.8 Å². The smallest absolute Gasteiger partial charge is 0.290 e. The van der Waals surface area contributed by atoms with Crippen LogP contribution in [0.5, 0.6) is 0 Å². The predicted octanol–water partition coefficient (Wildman–Crippen LogP) is 3.59. The summed E-state index contributed by atoms with van der Waals surface area (Å²) < 4.78 is 29.7. The third-order valence-corrected chi connectivity index (χ3v) is 6.34. The monoisotopic (exact) mass is 446 g/mol. The van der Waals surface area contributed by atoms with Crippen LogP contribution in [0.2, 0.25) is 5.02 Å². The average Bonchev–Trinajstić information content (AvgIpc) is 3.07. The van der Waals surface area contributed by atoms with E-state index in [0.717, 1.165) is 19.6 Å². The number of piperazine rings is 1. The fraction of sp³-hybridized carbons (Fsp3) is 0.318. The van der Waals surface area contributed by atoms with Gasteiger partial charge in [-0.15, -0.1) is 0 Å². The molecule has 0 aliphatic carbocycles. The molecular weight excluding hydrogens is 424 g/mol. The first-order chi connectivity index (χ1) is 14.3. The molecule has 1 aromatic heterocycles. The van der Waals surface area contributed by atoms with Gasteiger partial charge in [-0.2, -0.15) is 0 Å². The molecule has 1 aliphatic rings. The maximum absolute atomic E-state index is 13.2. The molecule has 1 fully saturated rings. The number of hydrogen-bond donors (Lipinski definition) is 0. The third-order valence-electron chi connectivity index (χ3n) is 5.28. The SMILES string of the molecule is CS(=O)(=O)Cc1c(C(=O)N2CCN(Cc3ccc(Cl)cc3)CC2)oc2ccccc12.